The maximum atomic E-state index is 12.4. The van der Waals surface area contributed by atoms with Gasteiger partial charge in [0, 0.05) is 21.9 Å². The second kappa shape index (κ2) is 9.30. The number of ether oxygens (including phenoxy) is 1. The number of hydrogen-bond donors (Lipinski definition) is 1. The highest BCUT2D eigenvalue weighted by Gasteiger charge is 2.10. The number of thioether (sulfide) groups is 1. The van der Waals surface area contributed by atoms with Crippen molar-refractivity contribution in [1.29, 1.82) is 0 Å². The van der Waals surface area contributed by atoms with Crippen LogP contribution in [0.5, 0.6) is 5.75 Å². The maximum Gasteiger partial charge on any atom is 0.313 e. The largest absolute Gasteiger partial charge is 0.496 e. The molecule has 2 rings (SSSR count). The third kappa shape index (κ3) is 5.66. The number of benzene rings is 2. The van der Waals surface area contributed by atoms with Gasteiger partial charge in [0.25, 0.3) is 0 Å². The number of carbonyl (C=O) groups excluding carboxylic acids is 1. The average Bonchev–Trinajstić information content (AvgIpc) is 2.60. The van der Waals surface area contributed by atoms with Gasteiger partial charge >= 0.3 is 5.97 Å². The summed E-state index contributed by atoms with van der Waals surface area (Å²) in [6.45, 7) is 0. The second-order valence-electron chi connectivity index (χ2n) is 5.13. The molecule has 130 valence electrons. The van der Waals surface area contributed by atoms with Gasteiger partial charge in [0.1, 0.15) is 5.75 Å². The van der Waals surface area contributed by atoms with E-state index in [1.54, 1.807) is 37.5 Å². The number of methoxy groups -OCH3 is 1. The highest BCUT2D eigenvalue weighted by atomic mass is 35.5. The number of carboxylic acids is 1. The predicted molar refractivity (Wildman–Crippen MR) is 102 cm³/mol. The quantitative estimate of drug-likeness (QED) is 0.540. The predicted octanol–water partition coefficient (Wildman–Crippen LogP) is 4.56. The van der Waals surface area contributed by atoms with Crippen LogP contribution >= 0.6 is 23.4 Å². The minimum Gasteiger partial charge on any atom is -0.496 e. The van der Waals surface area contributed by atoms with Crippen molar-refractivity contribution in [1.82, 2.24) is 0 Å². The van der Waals surface area contributed by atoms with Crippen LogP contribution in [0.15, 0.2) is 48.5 Å². The van der Waals surface area contributed by atoms with Crippen LogP contribution in [0.2, 0.25) is 5.02 Å². The monoisotopic (exact) mass is 376 g/mol. The maximum absolute atomic E-state index is 12.4. The first-order valence-corrected chi connectivity index (χ1v) is 8.98. The molecule has 0 aliphatic rings. The molecule has 0 aliphatic carbocycles. The lowest BCUT2D eigenvalue weighted by Gasteiger charge is -2.09. The molecule has 0 saturated carbocycles. The Bertz CT molecular complexity index is 802. The number of allylic oxidation sites excluding steroid dienone is 1. The van der Waals surface area contributed by atoms with Crippen LogP contribution in [-0.4, -0.2) is 29.7 Å². The van der Waals surface area contributed by atoms with Crippen molar-refractivity contribution in [3.05, 3.63) is 70.3 Å². The summed E-state index contributed by atoms with van der Waals surface area (Å²) in [5, 5.41) is 9.31. The molecule has 0 saturated heterocycles. The normalized spacial score (nSPS) is 10.8. The van der Waals surface area contributed by atoms with Gasteiger partial charge in [-0.15, -0.1) is 11.8 Å². The first-order valence-electron chi connectivity index (χ1n) is 7.44. The number of halogens is 1. The Hall–Kier alpha value is -2.24. The van der Waals surface area contributed by atoms with Crippen LogP contribution in [0, 0.1) is 0 Å². The fourth-order valence-electron chi connectivity index (χ4n) is 2.16. The Labute approximate surface area is 155 Å². The molecule has 0 radical (unpaired) electrons. The Morgan fingerprint density at radius 3 is 2.68 bits per heavy atom. The number of rotatable bonds is 8. The van der Waals surface area contributed by atoms with Crippen LogP contribution in [-0.2, 0) is 10.5 Å². The van der Waals surface area contributed by atoms with Gasteiger partial charge < -0.3 is 9.84 Å². The zero-order chi connectivity index (χ0) is 18.2. The van der Waals surface area contributed by atoms with Gasteiger partial charge in [0.15, 0.2) is 5.78 Å². The second-order valence-corrected chi connectivity index (χ2v) is 6.53. The van der Waals surface area contributed by atoms with Crippen LogP contribution < -0.4 is 4.74 Å². The number of ketones is 1. The molecule has 6 heteroatoms. The summed E-state index contributed by atoms with van der Waals surface area (Å²) < 4.78 is 5.28. The van der Waals surface area contributed by atoms with E-state index in [-0.39, 0.29) is 11.5 Å². The average molecular weight is 377 g/mol. The molecule has 0 aromatic heterocycles. The van der Waals surface area contributed by atoms with E-state index in [9.17, 15) is 9.59 Å². The first-order chi connectivity index (χ1) is 12.0. The number of carbonyl (C=O) groups is 2. The fraction of sp³-hybridized carbons (Fsp3) is 0.158. The molecule has 25 heavy (non-hydrogen) atoms. The first kappa shape index (κ1) is 19.1. The summed E-state index contributed by atoms with van der Waals surface area (Å²) >= 11 is 7.32. The van der Waals surface area contributed by atoms with Crippen molar-refractivity contribution in [2.75, 3.05) is 12.9 Å². The molecule has 0 unspecified atom stereocenters. The summed E-state index contributed by atoms with van der Waals surface area (Å²) in [5.74, 6) is 0.0360. The van der Waals surface area contributed by atoms with Gasteiger partial charge in [-0.1, -0.05) is 29.8 Å². The highest BCUT2D eigenvalue weighted by molar-refractivity contribution is 7.99. The van der Waals surface area contributed by atoms with E-state index < -0.39 is 5.97 Å². The van der Waals surface area contributed by atoms with Crippen molar-refractivity contribution in [3.8, 4) is 5.75 Å². The zero-order valence-electron chi connectivity index (χ0n) is 13.6. The van der Waals surface area contributed by atoms with Crippen molar-refractivity contribution in [2.45, 2.75) is 5.75 Å². The molecule has 0 fully saturated rings. The molecular weight excluding hydrogens is 360 g/mol. The van der Waals surface area contributed by atoms with Gasteiger partial charge in [-0.05, 0) is 42.0 Å². The van der Waals surface area contributed by atoms with E-state index in [0.29, 0.717) is 22.1 Å². The standard InChI is InChI=1S/C19H17ClO4S/c1-24-18-9-7-14(10-15(18)11-25-12-19(22)23)17(21)8-6-13-4-2-3-5-16(13)20/h2-10H,11-12H2,1H3,(H,22,23)/b8-6+. The number of carboxylic acid groups (broad SMARTS) is 1. The Morgan fingerprint density at radius 2 is 2.00 bits per heavy atom. The molecule has 0 bridgehead atoms. The molecule has 0 atom stereocenters. The third-order valence-electron chi connectivity index (χ3n) is 3.37. The van der Waals surface area contributed by atoms with E-state index in [4.69, 9.17) is 21.4 Å². The summed E-state index contributed by atoms with van der Waals surface area (Å²) in [4.78, 5) is 23.0. The number of aliphatic carboxylic acids is 1. The third-order valence-corrected chi connectivity index (χ3v) is 4.68. The van der Waals surface area contributed by atoms with Gasteiger partial charge in [0.05, 0.1) is 12.9 Å². The van der Waals surface area contributed by atoms with Gasteiger partial charge in [-0.3, -0.25) is 9.59 Å². The van der Waals surface area contributed by atoms with Crippen LogP contribution in [0.1, 0.15) is 21.5 Å². The van der Waals surface area contributed by atoms with E-state index in [0.717, 1.165) is 11.1 Å². The van der Waals surface area contributed by atoms with E-state index in [1.165, 1.54) is 17.8 Å². The van der Waals surface area contributed by atoms with Crippen molar-refractivity contribution in [3.63, 3.8) is 0 Å². The van der Waals surface area contributed by atoms with Gasteiger partial charge in [-0.25, -0.2) is 0 Å². The molecular formula is C19H17ClO4S. The van der Waals surface area contributed by atoms with Crippen molar-refractivity contribution >= 4 is 41.2 Å². The van der Waals surface area contributed by atoms with E-state index in [2.05, 4.69) is 0 Å². The molecule has 4 nitrogen and oxygen atoms in total. The highest BCUT2D eigenvalue weighted by Crippen LogP contribution is 2.25. The summed E-state index contributed by atoms with van der Waals surface area (Å²) in [6, 6.07) is 12.4. The van der Waals surface area contributed by atoms with Gasteiger partial charge in [-0.2, -0.15) is 0 Å². The lowest BCUT2D eigenvalue weighted by atomic mass is 10.1. The fourth-order valence-corrected chi connectivity index (χ4v) is 3.09. The SMILES string of the molecule is COc1ccc(C(=O)/C=C/c2ccccc2Cl)cc1CSCC(=O)O. The summed E-state index contributed by atoms with van der Waals surface area (Å²) in [5.41, 5.74) is 2.06. The zero-order valence-corrected chi connectivity index (χ0v) is 15.1. The van der Waals surface area contributed by atoms with Gasteiger partial charge in [0.2, 0.25) is 0 Å². The lowest BCUT2D eigenvalue weighted by Crippen LogP contribution is -2.01. The van der Waals surface area contributed by atoms with Crippen LogP contribution in [0.4, 0.5) is 0 Å². The van der Waals surface area contributed by atoms with Crippen molar-refractivity contribution in [2.24, 2.45) is 0 Å². The topological polar surface area (TPSA) is 63.6 Å². The Balaban J connectivity index is 2.16. The number of hydrogen-bond acceptors (Lipinski definition) is 4. The minimum atomic E-state index is -0.876. The van der Waals surface area contributed by atoms with Crippen molar-refractivity contribution < 1.29 is 19.4 Å². The Morgan fingerprint density at radius 1 is 1.24 bits per heavy atom. The molecule has 1 N–H and O–H groups in total. The van der Waals surface area contributed by atoms with E-state index in [1.807, 2.05) is 18.2 Å². The molecule has 2 aromatic carbocycles. The molecule has 0 heterocycles. The molecule has 0 amide bonds. The summed E-state index contributed by atoms with van der Waals surface area (Å²) in [6.07, 6.45) is 3.14. The molecule has 0 aliphatic heterocycles. The van der Waals surface area contributed by atoms with Crippen LogP contribution in [0.25, 0.3) is 6.08 Å². The molecule has 0 spiro atoms. The van der Waals surface area contributed by atoms with Crippen LogP contribution in [0.3, 0.4) is 0 Å². The van der Waals surface area contributed by atoms with E-state index >= 15 is 0 Å². The smallest absolute Gasteiger partial charge is 0.313 e. The minimum absolute atomic E-state index is 0.00621. The lowest BCUT2D eigenvalue weighted by molar-refractivity contribution is -0.133. The Kier molecular flexibility index (Phi) is 7.10. The summed E-state index contributed by atoms with van der Waals surface area (Å²) in [7, 11) is 1.54. The molecule has 2 aromatic rings.